The Bertz CT molecular complexity index is 310. The Labute approximate surface area is 74.9 Å². The van der Waals surface area contributed by atoms with Crippen LogP contribution in [0.25, 0.3) is 0 Å². The van der Waals surface area contributed by atoms with Crippen molar-refractivity contribution in [2.45, 2.75) is 0 Å². The van der Waals surface area contributed by atoms with E-state index in [9.17, 15) is 9.59 Å². The number of pyridine rings is 1. The molecule has 0 unspecified atom stereocenters. The van der Waals surface area contributed by atoms with Crippen molar-refractivity contribution in [2.75, 3.05) is 0 Å². The molecule has 0 saturated heterocycles. The van der Waals surface area contributed by atoms with Crippen LogP contribution in [0.1, 0.15) is 10.4 Å². The maximum Gasteiger partial charge on any atom is 0.246 e. The minimum absolute atomic E-state index is 0.398. The number of carbonyl (C=O) groups is 2. The Hall–Kier alpha value is -1.75. The molecule has 0 aliphatic rings. The van der Waals surface area contributed by atoms with Gasteiger partial charge in [0.2, 0.25) is 5.91 Å². The van der Waals surface area contributed by atoms with Crippen LogP contribution in [-0.4, -0.2) is 16.7 Å². The van der Waals surface area contributed by atoms with E-state index in [-0.39, 0.29) is 0 Å². The summed E-state index contributed by atoms with van der Waals surface area (Å²) >= 11 is 0. The van der Waals surface area contributed by atoms with Crippen LogP contribution in [0.4, 0.5) is 0 Å². The number of amides is 1. The van der Waals surface area contributed by atoms with E-state index in [0.717, 1.165) is 6.42 Å². The van der Waals surface area contributed by atoms with Crippen LogP contribution in [0.2, 0.25) is 0 Å². The smallest absolute Gasteiger partial charge is 0.246 e. The molecule has 1 aromatic rings. The lowest BCUT2D eigenvalue weighted by molar-refractivity contribution is -0.117. The fourth-order valence-electron chi connectivity index (χ4n) is 0.760. The number of hydrazine groups is 1. The van der Waals surface area contributed by atoms with Crippen molar-refractivity contribution in [1.82, 2.24) is 10.4 Å². The summed E-state index contributed by atoms with van der Waals surface area (Å²) in [4.78, 5) is 25.6. The average Bonchev–Trinajstić information content (AvgIpc) is 2.19. The number of ketones is 1. The summed E-state index contributed by atoms with van der Waals surface area (Å²) in [6.45, 7) is 0. The van der Waals surface area contributed by atoms with Gasteiger partial charge in [-0.3, -0.25) is 20.0 Å². The third-order valence-electron chi connectivity index (χ3n) is 1.37. The van der Waals surface area contributed by atoms with E-state index >= 15 is 0 Å². The van der Waals surface area contributed by atoms with Crippen molar-refractivity contribution in [3.05, 3.63) is 36.5 Å². The van der Waals surface area contributed by atoms with Gasteiger partial charge in [-0.1, -0.05) is 0 Å². The molecular weight excluding hydrogens is 170 g/mol. The standard InChI is InChI=1S/C8H8N3O2/c9-11-8(13)5-7(12)6-1-3-10-4-2-6/h1-5H,9H2,(H,11,13). The summed E-state index contributed by atoms with van der Waals surface area (Å²) in [6.07, 6.45) is 3.83. The number of nitrogens with two attached hydrogens (primary N) is 1. The largest absolute Gasteiger partial charge is 0.294 e. The van der Waals surface area contributed by atoms with E-state index < -0.39 is 11.7 Å². The molecule has 1 amide bonds. The predicted octanol–water partition coefficient (Wildman–Crippen LogP) is -0.542. The SMILES string of the molecule is NNC(=O)[CH]C(=O)c1ccncc1. The van der Waals surface area contributed by atoms with E-state index in [1.54, 1.807) is 0 Å². The zero-order valence-electron chi connectivity index (χ0n) is 6.73. The van der Waals surface area contributed by atoms with Gasteiger partial charge in [0.15, 0.2) is 5.78 Å². The highest BCUT2D eigenvalue weighted by Gasteiger charge is 2.10. The molecule has 0 aliphatic heterocycles. The van der Waals surface area contributed by atoms with Crippen LogP contribution in [0.3, 0.4) is 0 Å². The second-order valence-corrected chi connectivity index (χ2v) is 2.25. The van der Waals surface area contributed by atoms with Gasteiger partial charge in [-0.2, -0.15) is 0 Å². The summed E-state index contributed by atoms with van der Waals surface area (Å²) in [6, 6.07) is 3.03. The Morgan fingerprint density at radius 2 is 2.00 bits per heavy atom. The van der Waals surface area contributed by atoms with Gasteiger partial charge in [0.1, 0.15) is 6.42 Å². The van der Waals surface area contributed by atoms with Crippen LogP contribution >= 0.6 is 0 Å². The number of carbonyl (C=O) groups excluding carboxylic acids is 2. The van der Waals surface area contributed by atoms with Crippen molar-refractivity contribution in [3.8, 4) is 0 Å². The topological polar surface area (TPSA) is 85.1 Å². The minimum Gasteiger partial charge on any atom is -0.294 e. The molecule has 1 aromatic heterocycles. The maximum absolute atomic E-state index is 11.2. The highest BCUT2D eigenvalue weighted by atomic mass is 16.2. The van der Waals surface area contributed by atoms with Gasteiger partial charge in [-0.05, 0) is 12.1 Å². The molecule has 0 bridgehead atoms. The molecular formula is C8H8N3O2. The highest BCUT2D eigenvalue weighted by Crippen LogP contribution is 1.99. The van der Waals surface area contributed by atoms with Crippen LogP contribution in [0.5, 0.6) is 0 Å². The fourth-order valence-corrected chi connectivity index (χ4v) is 0.760. The van der Waals surface area contributed by atoms with Crippen molar-refractivity contribution >= 4 is 11.7 Å². The quantitative estimate of drug-likeness (QED) is 0.214. The number of Topliss-reactive ketones (excluding diaryl/α,β-unsaturated/α-hetero) is 1. The average molecular weight is 178 g/mol. The first kappa shape index (κ1) is 9.34. The van der Waals surface area contributed by atoms with Gasteiger partial charge < -0.3 is 0 Å². The fraction of sp³-hybridized carbons (Fsp3) is 0. The molecule has 1 heterocycles. The number of hydrogen-bond donors (Lipinski definition) is 2. The summed E-state index contributed by atoms with van der Waals surface area (Å²) in [5.74, 6) is 3.78. The molecule has 0 saturated carbocycles. The first-order valence-electron chi connectivity index (χ1n) is 3.53. The number of aromatic nitrogens is 1. The third-order valence-corrected chi connectivity index (χ3v) is 1.37. The van der Waals surface area contributed by atoms with Gasteiger partial charge in [0.05, 0.1) is 0 Å². The van der Waals surface area contributed by atoms with Crippen LogP contribution in [-0.2, 0) is 4.79 Å². The molecule has 0 atom stereocenters. The second-order valence-electron chi connectivity index (χ2n) is 2.25. The van der Waals surface area contributed by atoms with Gasteiger partial charge in [0, 0.05) is 18.0 Å². The summed E-state index contributed by atoms with van der Waals surface area (Å²) in [5.41, 5.74) is 2.24. The zero-order chi connectivity index (χ0) is 9.68. The molecule has 1 radical (unpaired) electrons. The Morgan fingerprint density at radius 1 is 1.38 bits per heavy atom. The minimum atomic E-state index is -0.623. The molecule has 0 fully saturated rings. The highest BCUT2D eigenvalue weighted by molar-refractivity contribution is 6.16. The summed E-state index contributed by atoms with van der Waals surface area (Å²) in [7, 11) is 0. The second kappa shape index (κ2) is 4.32. The van der Waals surface area contributed by atoms with E-state index in [2.05, 4.69) is 4.98 Å². The third kappa shape index (κ3) is 2.64. The van der Waals surface area contributed by atoms with E-state index in [1.165, 1.54) is 24.5 Å². The molecule has 3 N–H and O–H groups in total. The normalized spacial score (nSPS) is 9.31. The number of nitrogens with zero attached hydrogens (tertiary/aromatic N) is 1. The van der Waals surface area contributed by atoms with Gasteiger partial charge in [0.25, 0.3) is 0 Å². The van der Waals surface area contributed by atoms with Gasteiger partial charge in [-0.25, -0.2) is 5.84 Å². The van der Waals surface area contributed by atoms with Gasteiger partial charge >= 0.3 is 0 Å². The van der Waals surface area contributed by atoms with Crippen LogP contribution < -0.4 is 11.3 Å². The Kier molecular flexibility index (Phi) is 3.10. The molecule has 5 heteroatoms. The van der Waals surface area contributed by atoms with Crippen molar-refractivity contribution < 1.29 is 9.59 Å². The molecule has 0 spiro atoms. The molecule has 67 valence electrons. The van der Waals surface area contributed by atoms with Crippen LogP contribution in [0.15, 0.2) is 24.5 Å². The van der Waals surface area contributed by atoms with Crippen molar-refractivity contribution in [1.29, 1.82) is 0 Å². The maximum atomic E-state index is 11.2. The number of nitrogens with one attached hydrogen (secondary N) is 1. The molecule has 13 heavy (non-hydrogen) atoms. The van der Waals surface area contributed by atoms with E-state index in [1.807, 2.05) is 5.43 Å². The molecule has 5 nitrogen and oxygen atoms in total. The van der Waals surface area contributed by atoms with Crippen molar-refractivity contribution in [2.24, 2.45) is 5.84 Å². The van der Waals surface area contributed by atoms with E-state index in [4.69, 9.17) is 5.84 Å². The first-order chi connectivity index (χ1) is 6.24. The summed E-state index contributed by atoms with van der Waals surface area (Å²) in [5, 5.41) is 0. The Balaban J connectivity index is 2.65. The predicted molar refractivity (Wildman–Crippen MR) is 45.2 cm³/mol. The number of rotatable bonds is 3. The molecule has 0 aromatic carbocycles. The lowest BCUT2D eigenvalue weighted by Crippen LogP contribution is -2.32. The van der Waals surface area contributed by atoms with Crippen molar-refractivity contribution in [3.63, 3.8) is 0 Å². The van der Waals surface area contributed by atoms with E-state index in [0.29, 0.717) is 5.56 Å². The Morgan fingerprint density at radius 3 is 2.54 bits per heavy atom. The first-order valence-corrected chi connectivity index (χ1v) is 3.53. The lowest BCUT2D eigenvalue weighted by atomic mass is 10.1. The molecule has 1 rings (SSSR count). The molecule has 0 aliphatic carbocycles. The summed E-state index contributed by atoms with van der Waals surface area (Å²) < 4.78 is 0. The van der Waals surface area contributed by atoms with Gasteiger partial charge in [-0.15, -0.1) is 0 Å². The monoisotopic (exact) mass is 178 g/mol. The zero-order valence-corrected chi connectivity index (χ0v) is 6.73. The number of hydrogen-bond acceptors (Lipinski definition) is 4. The lowest BCUT2D eigenvalue weighted by Gasteiger charge is -1.97. The van der Waals surface area contributed by atoms with Crippen LogP contribution in [0, 0.1) is 6.42 Å².